The predicted molar refractivity (Wildman–Crippen MR) is 65.1 cm³/mol. The lowest BCUT2D eigenvalue weighted by Gasteiger charge is -2.18. The van der Waals surface area contributed by atoms with Gasteiger partial charge in [0.25, 0.3) is 5.91 Å². The van der Waals surface area contributed by atoms with E-state index in [4.69, 9.17) is 11.6 Å². The van der Waals surface area contributed by atoms with Gasteiger partial charge in [0.2, 0.25) is 0 Å². The number of hydrogen-bond donors (Lipinski definition) is 1. The van der Waals surface area contributed by atoms with Crippen LogP contribution >= 0.6 is 11.6 Å². The Labute approximate surface area is 101 Å². The highest BCUT2D eigenvalue weighted by atomic mass is 35.5. The lowest BCUT2D eigenvalue weighted by molar-refractivity contribution is 0.0795. The summed E-state index contributed by atoms with van der Waals surface area (Å²) >= 11 is 5.82. The third-order valence-electron chi connectivity index (χ3n) is 2.33. The van der Waals surface area contributed by atoms with Crippen molar-refractivity contribution >= 4 is 17.5 Å². The number of phenols is 1. The van der Waals surface area contributed by atoms with E-state index in [-0.39, 0.29) is 17.0 Å². The van der Waals surface area contributed by atoms with Crippen molar-refractivity contribution in [3.8, 4) is 5.75 Å². The molecule has 1 aromatic rings. The van der Waals surface area contributed by atoms with Crippen LogP contribution in [0.25, 0.3) is 0 Å². The Balaban J connectivity index is 2.84. The van der Waals surface area contributed by atoms with Crippen LogP contribution in [0.4, 0.5) is 0 Å². The van der Waals surface area contributed by atoms with Gasteiger partial charge in [-0.15, -0.1) is 11.6 Å². The first-order valence-corrected chi connectivity index (χ1v) is 5.54. The Morgan fingerprint density at radius 2 is 2.19 bits per heavy atom. The van der Waals surface area contributed by atoms with Gasteiger partial charge in [0.05, 0.1) is 0 Å². The fourth-order valence-corrected chi connectivity index (χ4v) is 1.63. The van der Waals surface area contributed by atoms with Crippen molar-refractivity contribution in [2.75, 3.05) is 13.6 Å². The van der Waals surface area contributed by atoms with Crippen LogP contribution in [-0.4, -0.2) is 34.9 Å². The second-order valence-electron chi connectivity index (χ2n) is 3.97. The molecule has 88 valence electrons. The molecule has 16 heavy (non-hydrogen) atoms. The predicted octanol–water partition coefficient (Wildman–Crippen LogP) is 2.40. The molecule has 3 nitrogen and oxygen atoms in total. The van der Waals surface area contributed by atoms with Crippen molar-refractivity contribution in [1.82, 2.24) is 4.90 Å². The minimum Gasteiger partial charge on any atom is -0.508 e. The van der Waals surface area contributed by atoms with Gasteiger partial charge in [0.1, 0.15) is 5.75 Å². The number of aryl methyl sites for hydroxylation is 1. The zero-order valence-corrected chi connectivity index (χ0v) is 10.5. The molecule has 0 saturated carbocycles. The molecule has 1 unspecified atom stereocenters. The van der Waals surface area contributed by atoms with Crippen molar-refractivity contribution in [2.24, 2.45) is 0 Å². The molecule has 0 heterocycles. The molecule has 1 N–H and O–H groups in total. The van der Waals surface area contributed by atoms with Crippen molar-refractivity contribution < 1.29 is 9.90 Å². The molecule has 0 bridgehead atoms. The Hall–Kier alpha value is -1.22. The zero-order valence-electron chi connectivity index (χ0n) is 9.70. The van der Waals surface area contributed by atoms with Crippen LogP contribution in [0.5, 0.6) is 5.75 Å². The molecule has 1 aromatic carbocycles. The van der Waals surface area contributed by atoms with Gasteiger partial charge in [0.15, 0.2) is 0 Å². The molecule has 0 spiro atoms. The molecule has 0 fully saturated rings. The average Bonchev–Trinajstić information content (AvgIpc) is 2.20. The van der Waals surface area contributed by atoms with E-state index in [1.165, 1.54) is 6.07 Å². The maximum absolute atomic E-state index is 11.9. The second kappa shape index (κ2) is 5.21. The summed E-state index contributed by atoms with van der Waals surface area (Å²) in [4.78, 5) is 13.4. The maximum atomic E-state index is 11.9. The largest absolute Gasteiger partial charge is 0.508 e. The smallest absolute Gasteiger partial charge is 0.253 e. The van der Waals surface area contributed by atoms with Gasteiger partial charge in [0, 0.05) is 24.5 Å². The van der Waals surface area contributed by atoms with Gasteiger partial charge in [-0.3, -0.25) is 4.79 Å². The monoisotopic (exact) mass is 241 g/mol. The quantitative estimate of drug-likeness (QED) is 0.826. The highest BCUT2D eigenvalue weighted by molar-refractivity contribution is 6.20. The van der Waals surface area contributed by atoms with E-state index in [1.54, 1.807) is 31.0 Å². The number of alkyl halides is 1. The normalized spacial score (nSPS) is 12.2. The first-order valence-electron chi connectivity index (χ1n) is 5.11. The minimum atomic E-state index is -0.136. The first kappa shape index (κ1) is 12.8. The van der Waals surface area contributed by atoms with Gasteiger partial charge in [-0.25, -0.2) is 0 Å². The Bertz CT molecular complexity index is 391. The molecule has 0 aliphatic heterocycles. The number of carbonyl (C=O) groups is 1. The number of amides is 1. The van der Waals surface area contributed by atoms with Crippen molar-refractivity contribution in [3.63, 3.8) is 0 Å². The number of hydrogen-bond acceptors (Lipinski definition) is 2. The standard InChI is InChI=1S/C12H16ClNO2/c1-8-4-5-10(6-11(8)15)12(16)14(3)7-9(2)13/h4-6,9,15H,7H2,1-3H3. The Kier molecular flexibility index (Phi) is 4.19. The van der Waals surface area contributed by atoms with Crippen LogP contribution in [-0.2, 0) is 0 Å². The second-order valence-corrected chi connectivity index (χ2v) is 4.71. The molecule has 0 saturated heterocycles. The van der Waals surface area contributed by atoms with Crippen LogP contribution in [0, 0.1) is 6.92 Å². The Morgan fingerprint density at radius 1 is 1.56 bits per heavy atom. The molecule has 1 rings (SSSR count). The third-order valence-corrected chi connectivity index (χ3v) is 2.47. The van der Waals surface area contributed by atoms with Gasteiger partial charge in [-0.1, -0.05) is 6.07 Å². The lowest BCUT2D eigenvalue weighted by Crippen LogP contribution is -2.31. The molecule has 0 aromatic heterocycles. The van der Waals surface area contributed by atoms with E-state index in [1.807, 2.05) is 6.92 Å². The number of phenolic OH excluding ortho intramolecular Hbond substituents is 1. The van der Waals surface area contributed by atoms with E-state index >= 15 is 0 Å². The van der Waals surface area contributed by atoms with Crippen molar-refractivity contribution in [1.29, 1.82) is 0 Å². The SMILES string of the molecule is Cc1ccc(C(=O)N(C)CC(C)Cl)cc1O. The molecule has 0 radical (unpaired) electrons. The van der Waals surface area contributed by atoms with E-state index in [0.717, 1.165) is 5.56 Å². The number of halogens is 1. The number of rotatable bonds is 3. The minimum absolute atomic E-state index is 0.0898. The van der Waals surface area contributed by atoms with Crippen molar-refractivity contribution in [2.45, 2.75) is 19.2 Å². The van der Waals surface area contributed by atoms with E-state index in [2.05, 4.69) is 0 Å². The molecular formula is C12H16ClNO2. The summed E-state index contributed by atoms with van der Waals surface area (Å²) in [5.41, 5.74) is 1.23. The number of benzene rings is 1. The average molecular weight is 242 g/mol. The summed E-state index contributed by atoms with van der Waals surface area (Å²) in [6, 6.07) is 4.90. The number of carbonyl (C=O) groups excluding carboxylic acids is 1. The first-order chi connectivity index (χ1) is 7.41. The summed E-state index contributed by atoms with van der Waals surface area (Å²) in [6.07, 6.45) is 0. The van der Waals surface area contributed by atoms with Crippen LogP contribution in [0.1, 0.15) is 22.8 Å². The topological polar surface area (TPSA) is 40.5 Å². The number of aromatic hydroxyl groups is 1. The van der Waals surface area contributed by atoms with Gasteiger partial charge in [-0.05, 0) is 31.5 Å². The maximum Gasteiger partial charge on any atom is 0.253 e. The molecule has 0 aliphatic rings. The summed E-state index contributed by atoms with van der Waals surface area (Å²) in [5.74, 6) is 0.000900. The van der Waals surface area contributed by atoms with Gasteiger partial charge >= 0.3 is 0 Å². The van der Waals surface area contributed by atoms with Crippen LogP contribution in [0.2, 0.25) is 0 Å². The van der Waals surface area contributed by atoms with Gasteiger partial charge in [-0.2, -0.15) is 0 Å². The van der Waals surface area contributed by atoms with E-state index < -0.39 is 0 Å². The molecule has 1 atom stereocenters. The molecular weight excluding hydrogens is 226 g/mol. The van der Waals surface area contributed by atoms with Crippen LogP contribution < -0.4 is 0 Å². The fourth-order valence-electron chi connectivity index (χ4n) is 1.42. The van der Waals surface area contributed by atoms with E-state index in [9.17, 15) is 9.90 Å². The summed E-state index contributed by atoms with van der Waals surface area (Å²) in [6.45, 7) is 4.10. The molecule has 0 aliphatic carbocycles. The van der Waals surface area contributed by atoms with Crippen LogP contribution in [0.3, 0.4) is 0 Å². The Morgan fingerprint density at radius 3 is 2.69 bits per heavy atom. The highest BCUT2D eigenvalue weighted by Gasteiger charge is 2.14. The highest BCUT2D eigenvalue weighted by Crippen LogP contribution is 2.18. The van der Waals surface area contributed by atoms with Crippen LogP contribution in [0.15, 0.2) is 18.2 Å². The fraction of sp³-hybridized carbons (Fsp3) is 0.417. The molecule has 1 amide bonds. The number of nitrogens with zero attached hydrogens (tertiary/aromatic N) is 1. The summed E-state index contributed by atoms with van der Waals surface area (Å²) < 4.78 is 0. The zero-order chi connectivity index (χ0) is 12.3. The summed E-state index contributed by atoms with van der Waals surface area (Å²) in [7, 11) is 1.69. The third kappa shape index (κ3) is 3.14. The summed E-state index contributed by atoms with van der Waals surface area (Å²) in [5, 5.41) is 9.43. The lowest BCUT2D eigenvalue weighted by atomic mass is 10.1. The van der Waals surface area contributed by atoms with Gasteiger partial charge < -0.3 is 10.0 Å². The van der Waals surface area contributed by atoms with E-state index in [0.29, 0.717) is 12.1 Å². The van der Waals surface area contributed by atoms with Crippen molar-refractivity contribution in [3.05, 3.63) is 29.3 Å². The molecule has 4 heteroatoms.